The maximum absolute atomic E-state index is 5.47. The average Bonchev–Trinajstić information content (AvgIpc) is 3.87. The van der Waals surface area contributed by atoms with Gasteiger partial charge in [0, 0.05) is 32.5 Å². The lowest BCUT2D eigenvalue weighted by molar-refractivity contribution is 0.661. The molecular formula is C46H31N7. The summed E-state index contributed by atoms with van der Waals surface area (Å²) in [6.07, 6.45) is -0.343. The zero-order valence-electron chi connectivity index (χ0n) is 28.5. The van der Waals surface area contributed by atoms with Gasteiger partial charge in [-0.05, 0) is 42.0 Å². The summed E-state index contributed by atoms with van der Waals surface area (Å²) < 4.78 is 6.82. The summed E-state index contributed by atoms with van der Waals surface area (Å²) in [6.45, 7) is 0. The summed E-state index contributed by atoms with van der Waals surface area (Å²) >= 11 is 0. The summed E-state index contributed by atoms with van der Waals surface area (Å²) in [6, 6.07) is 61.2. The summed E-state index contributed by atoms with van der Waals surface area (Å²) in [7, 11) is 0. The van der Waals surface area contributed by atoms with E-state index in [-0.39, 0.29) is 6.17 Å². The molecular weight excluding hydrogens is 651 g/mol. The number of pyridine rings is 1. The SMILES string of the molecule is c1ccc(C2=NC(c3ccccc3)NC(n3c4ccccc4c4c5ccccc5n(-c5cccc(-n6c7ccccc7c7ccccc76)n5)c43)=N2)cc1. The van der Waals surface area contributed by atoms with Gasteiger partial charge < -0.3 is 5.32 Å². The van der Waals surface area contributed by atoms with Gasteiger partial charge in [0.25, 0.3) is 0 Å². The van der Waals surface area contributed by atoms with Crippen LogP contribution in [0.4, 0.5) is 0 Å². The molecule has 1 unspecified atom stereocenters. The van der Waals surface area contributed by atoms with E-state index in [0.29, 0.717) is 11.8 Å². The van der Waals surface area contributed by atoms with Gasteiger partial charge in [0.1, 0.15) is 23.4 Å². The minimum Gasteiger partial charge on any atom is -0.330 e. The molecule has 53 heavy (non-hydrogen) atoms. The fourth-order valence-corrected chi connectivity index (χ4v) is 8.05. The molecule has 0 radical (unpaired) electrons. The predicted molar refractivity (Wildman–Crippen MR) is 217 cm³/mol. The van der Waals surface area contributed by atoms with E-state index in [0.717, 1.165) is 66.6 Å². The Hall–Kier alpha value is -7.25. The van der Waals surface area contributed by atoms with Gasteiger partial charge >= 0.3 is 0 Å². The maximum Gasteiger partial charge on any atom is 0.213 e. The molecule has 6 aromatic carbocycles. The van der Waals surface area contributed by atoms with E-state index in [1.54, 1.807) is 0 Å². The normalized spacial score (nSPS) is 14.6. The van der Waals surface area contributed by atoms with Gasteiger partial charge in [-0.3, -0.25) is 13.7 Å². The van der Waals surface area contributed by atoms with Crippen LogP contribution in [0.3, 0.4) is 0 Å². The molecule has 0 spiro atoms. The molecule has 4 aromatic heterocycles. The Morgan fingerprint density at radius 2 is 0.925 bits per heavy atom. The molecule has 11 rings (SSSR count). The minimum absolute atomic E-state index is 0.343. The number of benzene rings is 6. The molecule has 0 amide bonds. The van der Waals surface area contributed by atoms with Gasteiger partial charge in [0.05, 0.1) is 22.1 Å². The van der Waals surface area contributed by atoms with Crippen LogP contribution < -0.4 is 5.32 Å². The molecule has 5 heterocycles. The van der Waals surface area contributed by atoms with E-state index in [1.165, 1.54) is 10.8 Å². The predicted octanol–water partition coefficient (Wildman–Crippen LogP) is 10.2. The van der Waals surface area contributed by atoms with Crippen molar-refractivity contribution in [2.75, 3.05) is 0 Å². The molecule has 7 nitrogen and oxygen atoms in total. The highest BCUT2D eigenvalue weighted by Crippen LogP contribution is 2.40. The van der Waals surface area contributed by atoms with E-state index < -0.39 is 0 Å². The average molecular weight is 682 g/mol. The zero-order valence-corrected chi connectivity index (χ0v) is 28.5. The Balaban J connectivity index is 1.20. The molecule has 1 aliphatic rings. The first-order chi connectivity index (χ1) is 26.3. The van der Waals surface area contributed by atoms with Gasteiger partial charge in [-0.2, -0.15) is 4.99 Å². The van der Waals surface area contributed by atoms with Crippen molar-refractivity contribution in [3.8, 4) is 11.6 Å². The Morgan fingerprint density at radius 3 is 1.55 bits per heavy atom. The first kappa shape index (κ1) is 29.5. The Bertz CT molecular complexity index is 3040. The van der Waals surface area contributed by atoms with Crippen molar-refractivity contribution in [1.29, 1.82) is 0 Å². The molecule has 0 saturated heterocycles. The fraction of sp³-hybridized carbons (Fsp3) is 0.0217. The van der Waals surface area contributed by atoms with Gasteiger partial charge in [-0.25, -0.2) is 9.98 Å². The molecule has 0 bridgehead atoms. The summed E-state index contributed by atoms with van der Waals surface area (Å²) in [5.74, 6) is 3.03. The standard InChI is InChI=1S/C46H31N7/c1-3-16-30(17-4-1)43-48-44(31-18-5-2-6-19-31)50-46(49-43)53-39-27-14-10-23-35(39)42-34-22-9-13-26-38(34)52(45(42)53)41-29-15-28-40(47-41)51-36-24-11-7-20-32(36)33-21-8-12-25-37(33)51/h1-29,43H,(H,48,49,50). The number of amidine groups is 1. The highest BCUT2D eigenvalue weighted by Gasteiger charge is 2.28. The van der Waals surface area contributed by atoms with E-state index in [9.17, 15) is 0 Å². The second-order valence-electron chi connectivity index (χ2n) is 13.3. The molecule has 1 aliphatic heterocycles. The fourth-order valence-electron chi connectivity index (χ4n) is 8.05. The van der Waals surface area contributed by atoms with Crippen molar-refractivity contribution < 1.29 is 0 Å². The second kappa shape index (κ2) is 11.6. The van der Waals surface area contributed by atoms with Crippen LogP contribution in [0, 0.1) is 0 Å². The number of fused-ring (bicyclic) bond motifs is 8. The van der Waals surface area contributed by atoms with E-state index in [4.69, 9.17) is 15.0 Å². The van der Waals surface area contributed by atoms with Crippen molar-refractivity contribution in [3.05, 3.63) is 187 Å². The Morgan fingerprint density at radius 1 is 0.434 bits per heavy atom. The lowest BCUT2D eigenvalue weighted by Crippen LogP contribution is -2.37. The van der Waals surface area contributed by atoms with Crippen LogP contribution in [0.25, 0.3) is 66.3 Å². The van der Waals surface area contributed by atoms with Gasteiger partial charge in [-0.15, -0.1) is 0 Å². The largest absolute Gasteiger partial charge is 0.330 e. The lowest BCUT2D eigenvalue weighted by atomic mass is 10.1. The van der Waals surface area contributed by atoms with Gasteiger partial charge in [-0.1, -0.05) is 140 Å². The molecule has 0 fully saturated rings. The number of nitrogens with zero attached hydrogens (tertiary/aromatic N) is 6. The molecule has 7 heteroatoms. The van der Waals surface area contributed by atoms with Crippen molar-refractivity contribution in [2.24, 2.45) is 9.98 Å². The van der Waals surface area contributed by atoms with Crippen molar-refractivity contribution >= 4 is 66.4 Å². The number of rotatable bonds is 4. The van der Waals surface area contributed by atoms with Gasteiger partial charge in [0.15, 0.2) is 5.84 Å². The smallest absolute Gasteiger partial charge is 0.213 e. The number of para-hydroxylation sites is 4. The van der Waals surface area contributed by atoms with Crippen LogP contribution in [-0.4, -0.2) is 30.5 Å². The van der Waals surface area contributed by atoms with Crippen molar-refractivity contribution in [1.82, 2.24) is 24.0 Å². The van der Waals surface area contributed by atoms with Crippen LogP contribution in [0.1, 0.15) is 17.3 Å². The van der Waals surface area contributed by atoms with Crippen LogP contribution >= 0.6 is 0 Å². The lowest BCUT2D eigenvalue weighted by Gasteiger charge is -2.25. The quantitative estimate of drug-likeness (QED) is 0.201. The van der Waals surface area contributed by atoms with Crippen LogP contribution in [0.5, 0.6) is 0 Å². The third-order valence-electron chi connectivity index (χ3n) is 10.3. The number of aliphatic imine (C=N–C) groups is 2. The maximum atomic E-state index is 5.47. The van der Waals surface area contributed by atoms with E-state index in [1.807, 2.05) is 24.3 Å². The topological polar surface area (TPSA) is 64.4 Å². The van der Waals surface area contributed by atoms with E-state index >= 15 is 0 Å². The van der Waals surface area contributed by atoms with E-state index in [2.05, 4.69) is 171 Å². The third kappa shape index (κ3) is 4.50. The summed E-state index contributed by atoms with van der Waals surface area (Å²) in [5, 5.41) is 9.58. The van der Waals surface area contributed by atoms with Crippen LogP contribution in [-0.2, 0) is 0 Å². The summed E-state index contributed by atoms with van der Waals surface area (Å²) in [5.41, 5.74) is 7.35. The number of nitrogens with one attached hydrogen (secondary N) is 1. The van der Waals surface area contributed by atoms with Crippen molar-refractivity contribution in [3.63, 3.8) is 0 Å². The highest BCUT2D eigenvalue weighted by molar-refractivity contribution is 6.25. The Labute approximate surface area is 304 Å². The molecule has 250 valence electrons. The highest BCUT2D eigenvalue weighted by atomic mass is 15.3. The molecule has 0 aliphatic carbocycles. The Kier molecular flexibility index (Phi) is 6.48. The number of hydrogen-bond acceptors (Lipinski definition) is 4. The second-order valence-corrected chi connectivity index (χ2v) is 13.3. The van der Waals surface area contributed by atoms with Crippen LogP contribution in [0.15, 0.2) is 186 Å². The third-order valence-corrected chi connectivity index (χ3v) is 10.3. The van der Waals surface area contributed by atoms with Gasteiger partial charge in [0.2, 0.25) is 5.96 Å². The molecule has 1 N–H and O–H groups in total. The number of hydrogen-bond donors (Lipinski definition) is 1. The van der Waals surface area contributed by atoms with Crippen molar-refractivity contribution in [2.45, 2.75) is 6.17 Å². The first-order valence-corrected chi connectivity index (χ1v) is 17.8. The first-order valence-electron chi connectivity index (χ1n) is 17.8. The molecule has 0 saturated carbocycles. The molecule has 10 aromatic rings. The zero-order chi connectivity index (χ0) is 34.9. The number of aromatic nitrogens is 4. The van der Waals surface area contributed by atoms with Crippen LogP contribution in [0.2, 0.25) is 0 Å². The summed E-state index contributed by atoms with van der Waals surface area (Å²) in [4.78, 5) is 15.9. The monoisotopic (exact) mass is 681 g/mol. The molecule has 1 atom stereocenters. The minimum atomic E-state index is -0.343.